The van der Waals surface area contributed by atoms with E-state index >= 15 is 0 Å². The Kier molecular flexibility index (Phi) is 3.40. The molecule has 1 aromatic carbocycles. The predicted molar refractivity (Wildman–Crippen MR) is 73.7 cm³/mol. The molecule has 23 heavy (non-hydrogen) atoms. The van der Waals surface area contributed by atoms with Crippen molar-refractivity contribution in [2.24, 2.45) is 5.16 Å². The Morgan fingerprint density at radius 1 is 1.26 bits per heavy atom. The molecule has 1 aromatic heterocycles. The molecule has 0 spiro atoms. The van der Waals surface area contributed by atoms with E-state index < -0.39 is 44.0 Å². The van der Waals surface area contributed by atoms with Gasteiger partial charge in [-0.05, 0) is 13.8 Å². The third kappa shape index (κ3) is 2.67. The van der Waals surface area contributed by atoms with Crippen LogP contribution in [-0.2, 0) is 20.4 Å². The highest BCUT2D eigenvalue weighted by atomic mass is 32.2. The Morgan fingerprint density at radius 3 is 2.57 bits per heavy atom. The SMILES string of the molecule is CC1(C)CC(S(=O)(=O)Cc2noc3cc(F)c(F)c(F)c23)=NO1. The highest BCUT2D eigenvalue weighted by Crippen LogP contribution is 2.30. The van der Waals surface area contributed by atoms with Gasteiger partial charge in [0.05, 0.1) is 5.39 Å². The highest BCUT2D eigenvalue weighted by molar-refractivity contribution is 8.05. The van der Waals surface area contributed by atoms with Gasteiger partial charge in [0.15, 0.2) is 28.1 Å². The van der Waals surface area contributed by atoms with Gasteiger partial charge < -0.3 is 9.36 Å². The molecule has 2 heterocycles. The topological polar surface area (TPSA) is 81.8 Å². The molecule has 0 saturated heterocycles. The van der Waals surface area contributed by atoms with Gasteiger partial charge in [-0.2, -0.15) is 0 Å². The van der Waals surface area contributed by atoms with Crippen molar-refractivity contribution in [1.29, 1.82) is 0 Å². The third-order valence-corrected chi connectivity index (χ3v) is 4.92. The number of hydrogen-bond donors (Lipinski definition) is 0. The highest BCUT2D eigenvalue weighted by Gasteiger charge is 2.37. The van der Waals surface area contributed by atoms with Crippen LogP contribution in [-0.4, -0.2) is 24.2 Å². The van der Waals surface area contributed by atoms with Crippen LogP contribution in [0.3, 0.4) is 0 Å². The van der Waals surface area contributed by atoms with Crippen LogP contribution in [0.1, 0.15) is 26.0 Å². The first-order valence-corrected chi connectivity index (χ1v) is 8.15. The average Bonchev–Trinajstić information content (AvgIpc) is 3.00. The summed E-state index contributed by atoms with van der Waals surface area (Å²) in [5.41, 5.74) is -1.50. The van der Waals surface area contributed by atoms with E-state index in [2.05, 4.69) is 14.8 Å². The van der Waals surface area contributed by atoms with E-state index in [-0.39, 0.29) is 22.7 Å². The second-order valence-electron chi connectivity index (χ2n) is 5.76. The van der Waals surface area contributed by atoms with Gasteiger partial charge in [-0.25, -0.2) is 21.6 Å². The molecule has 0 unspecified atom stereocenters. The molecule has 0 atom stereocenters. The van der Waals surface area contributed by atoms with Gasteiger partial charge in [0, 0.05) is 12.5 Å². The summed E-state index contributed by atoms with van der Waals surface area (Å²) in [5, 5.41) is 6.20. The van der Waals surface area contributed by atoms with Gasteiger partial charge in [0.25, 0.3) is 0 Å². The number of halogens is 3. The first-order valence-electron chi connectivity index (χ1n) is 6.50. The molecule has 0 saturated carbocycles. The molecular formula is C13H11F3N2O4S. The molecule has 6 nitrogen and oxygen atoms in total. The Balaban J connectivity index is 2.01. The number of benzene rings is 1. The largest absolute Gasteiger partial charge is 0.389 e. The van der Waals surface area contributed by atoms with Crippen LogP contribution in [0, 0.1) is 17.5 Å². The summed E-state index contributed by atoms with van der Waals surface area (Å²) in [4.78, 5) is 4.99. The van der Waals surface area contributed by atoms with E-state index in [9.17, 15) is 21.6 Å². The average molecular weight is 348 g/mol. The molecule has 2 aromatic rings. The predicted octanol–water partition coefficient (Wildman–Crippen LogP) is 2.67. The van der Waals surface area contributed by atoms with E-state index in [0.29, 0.717) is 6.07 Å². The van der Waals surface area contributed by atoms with Gasteiger partial charge in [0.1, 0.15) is 17.0 Å². The maximum Gasteiger partial charge on any atom is 0.200 e. The van der Waals surface area contributed by atoms with Gasteiger partial charge >= 0.3 is 0 Å². The molecule has 0 N–H and O–H groups in total. The smallest absolute Gasteiger partial charge is 0.200 e. The monoisotopic (exact) mass is 348 g/mol. The zero-order valence-corrected chi connectivity index (χ0v) is 12.9. The number of aromatic nitrogens is 1. The molecule has 1 aliphatic rings. The van der Waals surface area contributed by atoms with Crippen LogP contribution in [0.5, 0.6) is 0 Å². The summed E-state index contributed by atoms with van der Waals surface area (Å²) in [6.45, 7) is 3.31. The number of nitrogens with zero attached hydrogens (tertiary/aromatic N) is 2. The van der Waals surface area contributed by atoms with Gasteiger partial charge in [0.2, 0.25) is 9.84 Å². The standard InChI is InChI=1S/C13H11F3N2O4S/c1-13(2)4-9(18-22-13)23(19,20)5-7-10-8(21-17-7)3-6(14)11(15)12(10)16/h3H,4-5H2,1-2H3. The minimum Gasteiger partial charge on any atom is -0.389 e. The van der Waals surface area contributed by atoms with Crippen LogP contribution in [0.15, 0.2) is 15.7 Å². The summed E-state index contributed by atoms with van der Waals surface area (Å²) >= 11 is 0. The Hall–Kier alpha value is -2.10. The lowest BCUT2D eigenvalue weighted by molar-refractivity contribution is 0.0123. The third-order valence-electron chi connectivity index (χ3n) is 3.33. The molecule has 0 aliphatic carbocycles. The van der Waals surface area contributed by atoms with E-state index in [4.69, 9.17) is 4.84 Å². The molecule has 3 rings (SSSR count). The zero-order chi connectivity index (χ0) is 17.0. The molecule has 10 heteroatoms. The fourth-order valence-electron chi connectivity index (χ4n) is 2.20. The number of sulfone groups is 1. The van der Waals surface area contributed by atoms with E-state index in [1.54, 1.807) is 13.8 Å². The van der Waals surface area contributed by atoms with Crippen molar-refractivity contribution in [3.8, 4) is 0 Å². The summed E-state index contributed by atoms with van der Waals surface area (Å²) < 4.78 is 69.6. The maximum atomic E-state index is 13.9. The van der Waals surface area contributed by atoms with E-state index in [1.165, 1.54) is 0 Å². The van der Waals surface area contributed by atoms with Crippen LogP contribution < -0.4 is 0 Å². The number of oxime groups is 1. The van der Waals surface area contributed by atoms with Crippen LogP contribution >= 0.6 is 0 Å². The first-order chi connectivity index (χ1) is 10.6. The quantitative estimate of drug-likeness (QED) is 0.780. The van der Waals surface area contributed by atoms with Crippen molar-refractivity contribution in [2.45, 2.75) is 31.6 Å². The van der Waals surface area contributed by atoms with E-state index in [1.807, 2.05) is 0 Å². The van der Waals surface area contributed by atoms with Crippen LogP contribution in [0.2, 0.25) is 0 Å². The van der Waals surface area contributed by atoms with Gasteiger partial charge in [-0.3, -0.25) is 0 Å². The van der Waals surface area contributed by atoms with Crippen molar-refractivity contribution >= 4 is 25.9 Å². The summed E-state index contributed by atoms with van der Waals surface area (Å²) in [5.74, 6) is -5.48. The fourth-order valence-corrected chi connectivity index (χ4v) is 3.64. The normalized spacial score (nSPS) is 17.3. The molecule has 1 aliphatic heterocycles. The van der Waals surface area contributed by atoms with E-state index in [0.717, 1.165) is 0 Å². The second kappa shape index (κ2) is 4.95. The molecular weight excluding hydrogens is 337 g/mol. The Morgan fingerprint density at radius 2 is 1.96 bits per heavy atom. The minimum absolute atomic E-state index is 0.0383. The van der Waals surface area contributed by atoms with Crippen molar-refractivity contribution in [2.75, 3.05) is 0 Å². The second-order valence-corrected chi connectivity index (χ2v) is 7.75. The van der Waals surface area contributed by atoms with Crippen LogP contribution in [0.25, 0.3) is 11.0 Å². The zero-order valence-electron chi connectivity index (χ0n) is 12.1. The minimum atomic E-state index is -3.97. The van der Waals surface area contributed by atoms with Crippen molar-refractivity contribution < 1.29 is 30.9 Å². The van der Waals surface area contributed by atoms with Crippen molar-refractivity contribution in [3.05, 3.63) is 29.2 Å². The summed E-state index contributed by atoms with van der Waals surface area (Å²) in [7, 11) is -3.97. The number of rotatable bonds is 2. The molecule has 0 bridgehead atoms. The lowest BCUT2D eigenvalue weighted by Crippen LogP contribution is -2.23. The van der Waals surface area contributed by atoms with Crippen molar-refractivity contribution in [3.63, 3.8) is 0 Å². The summed E-state index contributed by atoms with van der Waals surface area (Å²) in [6, 6.07) is 0.607. The Labute approximate surface area is 128 Å². The van der Waals surface area contributed by atoms with Crippen LogP contribution in [0.4, 0.5) is 13.2 Å². The molecule has 0 fully saturated rings. The lowest BCUT2D eigenvalue weighted by Gasteiger charge is -2.13. The molecule has 0 amide bonds. The first kappa shape index (κ1) is 15.8. The number of hydrogen-bond acceptors (Lipinski definition) is 6. The van der Waals surface area contributed by atoms with Gasteiger partial charge in [-0.1, -0.05) is 10.3 Å². The summed E-state index contributed by atoms with van der Waals surface area (Å²) in [6.07, 6.45) is 0.0383. The fraction of sp³-hybridized carbons (Fsp3) is 0.385. The molecule has 0 radical (unpaired) electrons. The maximum absolute atomic E-state index is 13.9. The van der Waals surface area contributed by atoms with Gasteiger partial charge in [-0.15, -0.1) is 0 Å². The number of fused-ring (bicyclic) bond motifs is 1. The molecule has 124 valence electrons. The van der Waals surface area contributed by atoms with Crippen molar-refractivity contribution in [1.82, 2.24) is 5.16 Å². The lowest BCUT2D eigenvalue weighted by atomic mass is 10.1. The Bertz CT molecular complexity index is 934.